The van der Waals surface area contributed by atoms with Gasteiger partial charge in [0.1, 0.15) is 0 Å². The van der Waals surface area contributed by atoms with Crippen LogP contribution in [0, 0.1) is 6.92 Å². The maximum atomic E-state index is 12.0. The molecule has 1 saturated heterocycles. The van der Waals surface area contributed by atoms with Gasteiger partial charge in [-0.1, -0.05) is 23.8 Å². The van der Waals surface area contributed by atoms with E-state index >= 15 is 0 Å². The Hall–Kier alpha value is -1.21. The van der Waals surface area contributed by atoms with E-state index in [0.717, 1.165) is 5.56 Å². The first-order valence-corrected chi connectivity index (χ1v) is 8.23. The van der Waals surface area contributed by atoms with Crippen molar-refractivity contribution >= 4 is 10.1 Å². The van der Waals surface area contributed by atoms with Crippen LogP contribution in [0.2, 0.25) is 0 Å². The molecule has 0 radical (unpaired) electrons. The fraction of sp³-hybridized carbons (Fsp3) is 0.467. The van der Waals surface area contributed by atoms with Crippen LogP contribution in [0.25, 0.3) is 0 Å². The molecule has 0 spiro atoms. The zero-order chi connectivity index (χ0) is 15.5. The first kappa shape index (κ1) is 16.2. The van der Waals surface area contributed by atoms with Gasteiger partial charge in [0.05, 0.1) is 29.8 Å². The van der Waals surface area contributed by atoms with E-state index in [1.807, 2.05) is 6.92 Å². The summed E-state index contributed by atoms with van der Waals surface area (Å²) in [7, 11) is -3.79. The average Bonchev–Trinajstić information content (AvgIpc) is 2.78. The number of ether oxygens (including phenoxy) is 1. The third-order valence-corrected chi connectivity index (χ3v) is 4.71. The van der Waals surface area contributed by atoms with Gasteiger partial charge in [-0.05, 0) is 25.5 Å². The molecule has 0 bridgehead atoms. The Morgan fingerprint density at radius 1 is 1.43 bits per heavy atom. The van der Waals surface area contributed by atoms with E-state index in [2.05, 4.69) is 6.58 Å². The van der Waals surface area contributed by atoms with Crippen molar-refractivity contribution in [2.45, 2.75) is 43.0 Å². The highest BCUT2D eigenvalue weighted by molar-refractivity contribution is 7.86. The quantitative estimate of drug-likeness (QED) is 0.640. The molecule has 1 fully saturated rings. The Bertz CT molecular complexity index is 579. The second-order valence-corrected chi connectivity index (χ2v) is 6.79. The van der Waals surface area contributed by atoms with E-state index in [0.29, 0.717) is 12.8 Å². The van der Waals surface area contributed by atoms with Crippen molar-refractivity contribution in [2.24, 2.45) is 0 Å². The molecule has 1 aliphatic heterocycles. The van der Waals surface area contributed by atoms with E-state index in [9.17, 15) is 13.5 Å². The monoisotopic (exact) mass is 312 g/mol. The number of aliphatic hydroxyl groups is 1. The largest absolute Gasteiger partial charge is 0.390 e. The van der Waals surface area contributed by atoms with Crippen LogP contribution >= 0.6 is 0 Å². The first-order chi connectivity index (χ1) is 9.92. The van der Waals surface area contributed by atoms with Gasteiger partial charge in [-0.25, -0.2) is 0 Å². The van der Waals surface area contributed by atoms with E-state index in [-0.39, 0.29) is 17.6 Å². The van der Waals surface area contributed by atoms with E-state index in [1.54, 1.807) is 18.2 Å². The summed E-state index contributed by atoms with van der Waals surface area (Å²) in [5.74, 6) is 0. The molecule has 1 N–H and O–H groups in total. The zero-order valence-corrected chi connectivity index (χ0v) is 12.8. The minimum absolute atomic E-state index is 0.0963. The molecule has 3 atom stereocenters. The number of aryl methyl sites for hydroxylation is 1. The molecular weight excluding hydrogens is 292 g/mol. The predicted octanol–water partition coefficient (Wildman–Crippen LogP) is 1.79. The van der Waals surface area contributed by atoms with Crippen LogP contribution in [0.1, 0.15) is 18.4 Å². The Labute approximate surface area is 125 Å². The predicted molar refractivity (Wildman–Crippen MR) is 78.4 cm³/mol. The third-order valence-electron chi connectivity index (χ3n) is 3.42. The van der Waals surface area contributed by atoms with Crippen LogP contribution < -0.4 is 0 Å². The molecule has 1 heterocycles. The fourth-order valence-electron chi connectivity index (χ4n) is 2.24. The SMILES string of the molecule is C=CC[C@@H]1O[C@H](COS(=O)(=O)c2ccc(C)cc2)C[C@H]1O. The van der Waals surface area contributed by atoms with Crippen LogP contribution in [0.3, 0.4) is 0 Å². The number of benzene rings is 1. The van der Waals surface area contributed by atoms with Crippen LogP contribution in [0.5, 0.6) is 0 Å². The van der Waals surface area contributed by atoms with Crippen LogP contribution in [0.4, 0.5) is 0 Å². The van der Waals surface area contributed by atoms with Gasteiger partial charge in [-0.15, -0.1) is 6.58 Å². The van der Waals surface area contributed by atoms with Gasteiger partial charge in [0, 0.05) is 6.42 Å². The molecule has 2 rings (SSSR count). The molecule has 6 heteroatoms. The summed E-state index contributed by atoms with van der Waals surface area (Å²) in [5.41, 5.74) is 0.975. The van der Waals surface area contributed by atoms with Crippen molar-refractivity contribution in [1.29, 1.82) is 0 Å². The molecule has 0 aromatic heterocycles. The molecule has 0 aliphatic carbocycles. The van der Waals surface area contributed by atoms with Gasteiger partial charge in [-0.3, -0.25) is 4.18 Å². The lowest BCUT2D eigenvalue weighted by atomic mass is 10.1. The molecule has 1 aromatic rings. The fourth-order valence-corrected chi connectivity index (χ4v) is 3.17. The smallest absolute Gasteiger partial charge is 0.297 e. The van der Waals surface area contributed by atoms with Gasteiger partial charge in [0.2, 0.25) is 0 Å². The summed E-state index contributed by atoms with van der Waals surface area (Å²) in [6.07, 6.45) is 1.19. The summed E-state index contributed by atoms with van der Waals surface area (Å²) in [5, 5.41) is 9.79. The minimum Gasteiger partial charge on any atom is -0.390 e. The Morgan fingerprint density at radius 2 is 2.10 bits per heavy atom. The van der Waals surface area contributed by atoms with Gasteiger partial charge in [0.15, 0.2) is 0 Å². The molecular formula is C15H20O5S. The molecule has 0 amide bonds. The van der Waals surface area contributed by atoms with Crippen molar-refractivity contribution in [3.8, 4) is 0 Å². The summed E-state index contributed by atoms with van der Waals surface area (Å²) in [6, 6.07) is 6.45. The van der Waals surface area contributed by atoms with Crippen LogP contribution in [0.15, 0.2) is 41.8 Å². The van der Waals surface area contributed by atoms with Crippen molar-refractivity contribution in [2.75, 3.05) is 6.61 Å². The van der Waals surface area contributed by atoms with Crippen molar-refractivity contribution in [3.63, 3.8) is 0 Å². The lowest BCUT2D eigenvalue weighted by Crippen LogP contribution is -2.20. The number of hydrogen-bond donors (Lipinski definition) is 1. The number of rotatable bonds is 6. The summed E-state index contributed by atoms with van der Waals surface area (Å²) >= 11 is 0. The lowest BCUT2D eigenvalue weighted by molar-refractivity contribution is -0.00242. The summed E-state index contributed by atoms with van der Waals surface area (Å²) < 4.78 is 34.6. The van der Waals surface area contributed by atoms with E-state index < -0.39 is 22.3 Å². The van der Waals surface area contributed by atoms with Gasteiger partial charge in [-0.2, -0.15) is 8.42 Å². The molecule has 21 heavy (non-hydrogen) atoms. The lowest BCUT2D eigenvalue weighted by Gasteiger charge is -2.13. The molecule has 5 nitrogen and oxygen atoms in total. The maximum Gasteiger partial charge on any atom is 0.297 e. The van der Waals surface area contributed by atoms with Crippen molar-refractivity contribution in [1.82, 2.24) is 0 Å². The highest BCUT2D eigenvalue weighted by Crippen LogP contribution is 2.24. The Balaban J connectivity index is 1.93. The number of hydrogen-bond acceptors (Lipinski definition) is 5. The highest BCUT2D eigenvalue weighted by atomic mass is 32.2. The molecule has 0 saturated carbocycles. The zero-order valence-electron chi connectivity index (χ0n) is 11.9. The first-order valence-electron chi connectivity index (χ1n) is 6.83. The maximum absolute atomic E-state index is 12.0. The van der Waals surface area contributed by atoms with E-state index in [1.165, 1.54) is 12.1 Å². The second-order valence-electron chi connectivity index (χ2n) is 5.18. The standard InChI is InChI=1S/C15H20O5S/c1-3-4-15-14(16)9-12(20-15)10-19-21(17,18)13-7-5-11(2)6-8-13/h3,5-8,12,14-16H,1,4,9-10H2,2H3/t12-,14+,15-/m0/s1. The van der Waals surface area contributed by atoms with Crippen LogP contribution in [-0.2, 0) is 19.0 Å². The molecule has 1 aliphatic rings. The number of aliphatic hydroxyl groups excluding tert-OH is 1. The van der Waals surface area contributed by atoms with E-state index in [4.69, 9.17) is 8.92 Å². The van der Waals surface area contributed by atoms with Gasteiger partial charge >= 0.3 is 0 Å². The Morgan fingerprint density at radius 3 is 2.71 bits per heavy atom. The van der Waals surface area contributed by atoms with Crippen molar-refractivity contribution in [3.05, 3.63) is 42.5 Å². The molecule has 1 aromatic carbocycles. The molecule has 116 valence electrons. The minimum atomic E-state index is -3.79. The average molecular weight is 312 g/mol. The summed E-state index contributed by atoms with van der Waals surface area (Å²) in [4.78, 5) is 0.120. The topological polar surface area (TPSA) is 72.8 Å². The third kappa shape index (κ3) is 4.14. The molecule has 0 unspecified atom stereocenters. The highest BCUT2D eigenvalue weighted by Gasteiger charge is 2.34. The second kappa shape index (κ2) is 6.70. The normalized spacial score (nSPS) is 25.9. The Kier molecular flexibility index (Phi) is 5.16. The van der Waals surface area contributed by atoms with Crippen molar-refractivity contribution < 1.29 is 22.4 Å². The van der Waals surface area contributed by atoms with Gasteiger partial charge < -0.3 is 9.84 Å². The van der Waals surface area contributed by atoms with Crippen LogP contribution in [-0.4, -0.2) is 38.4 Å². The van der Waals surface area contributed by atoms with Gasteiger partial charge in [0.25, 0.3) is 10.1 Å². The summed E-state index contributed by atoms with van der Waals surface area (Å²) in [6.45, 7) is 5.38.